The summed E-state index contributed by atoms with van der Waals surface area (Å²) in [6, 6.07) is 1.67. The molecular weight excluding hydrogens is 208 g/mol. The van der Waals surface area contributed by atoms with E-state index in [9.17, 15) is 9.90 Å². The average molecular weight is 224 g/mol. The van der Waals surface area contributed by atoms with Crippen molar-refractivity contribution in [3.05, 3.63) is 23.8 Å². The molecule has 1 rings (SSSR count). The van der Waals surface area contributed by atoms with Gasteiger partial charge in [0.05, 0.1) is 6.10 Å². The second-order valence-electron chi connectivity index (χ2n) is 3.80. The fourth-order valence-electron chi connectivity index (χ4n) is 1.21. The number of aromatic nitrogens is 2. The Labute approximate surface area is 94.5 Å². The van der Waals surface area contributed by atoms with Crippen LogP contribution < -0.4 is 0 Å². The van der Waals surface area contributed by atoms with Crippen molar-refractivity contribution < 1.29 is 14.6 Å². The van der Waals surface area contributed by atoms with Gasteiger partial charge in [0.2, 0.25) is 0 Å². The predicted molar refractivity (Wildman–Crippen MR) is 57.7 cm³/mol. The van der Waals surface area contributed by atoms with E-state index >= 15 is 0 Å². The molecular formula is C11H16N2O3. The van der Waals surface area contributed by atoms with Crippen molar-refractivity contribution in [2.24, 2.45) is 0 Å². The van der Waals surface area contributed by atoms with E-state index in [0.29, 0.717) is 11.5 Å². The first kappa shape index (κ1) is 12.6. The maximum absolute atomic E-state index is 11.3. The van der Waals surface area contributed by atoms with Crippen molar-refractivity contribution in [2.45, 2.75) is 39.4 Å². The Morgan fingerprint density at radius 3 is 2.81 bits per heavy atom. The minimum Gasteiger partial charge on any atom is -0.461 e. The third kappa shape index (κ3) is 3.94. The Morgan fingerprint density at radius 2 is 2.25 bits per heavy atom. The zero-order valence-corrected chi connectivity index (χ0v) is 9.67. The van der Waals surface area contributed by atoms with Gasteiger partial charge in [0.1, 0.15) is 5.82 Å². The first-order valence-corrected chi connectivity index (χ1v) is 5.16. The number of aliphatic hydroxyl groups is 1. The van der Waals surface area contributed by atoms with Gasteiger partial charge >= 0.3 is 5.97 Å². The number of hydrogen-bond acceptors (Lipinski definition) is 5. The molecule has 1 heterocycles. The van der Waals surface area contributed by atoms with Crippen LogP contribution in [0, 0.1) is 6.92 Å². The molecule has 0 amide bonds. The van der Waals surface area contributed by atoms with E-state index in [-0.39, 0.29) is 12.5 Å². The van der Waals surface area contributed by atoms with Crippen LogP contribution >= 0.6 is 0 Å². The molecule has 1 atom stereocenters. The molecule has 1 aromatic heterocycles. The van der Waals surface area contributed by atoms with Gasteiger partial charge in [-0.05, 0) is 26.8 Å². The highest BCUT2D eigenvalue weighted by Gasteiger charge is 2.18. The molecule has 1 unspecified atom stereocenters. The third-order valence-corrected chi connectivity index (χ3v) is 1.86. The summed E-state index contributed by atoms with van der Waals surface area (Å²) in [6.07, 6.45) is 0.346. The van der Waals surface area contributed by atoms with Crippen molar-refractivity contribution in [1.29, 1.82) is 0 Å². The molecule has 0 saturated heterocycles. The first-order valence-electron chi connectivity index (χ1n) is 5.16. The number of rotatable bonds is 4. The molecule has 0 aliphatic rings. The standard InChI is InChI=1S/C11H16N2O3/c1-7(2)16-11(15)10(14)6-9-4-5-12-8(3)13-9/h4-5,7,10,14H,6H2,1-3H3. The van der Waals surface area contributed by atoms with Gasteiger partial charge in [0, 0.05) is 18.3 Å². The molecule has 0 bridgehead atoms. The number of carbonyl (C=O) groups is 1. The molecule has 0 saturated carbocycles. The lowest BCUT2D eigenvalue weighted by Gasteiger charge is -2.12. The summed E-state index contributed by atoms with van der Waals surface area (Å²) in [5, 5.41) is 9.58. The van der Waals surface area contributed by atoms with Crippen LogP contribution in [0.3, 0.4) is 0 Å². The Bertz CT molecular complexity index is 366. The summed E-state index contributed by atoms with van der Waals surface area (Å²) >= 11 is 0. The summed E-state index contributed by atoms with van der Waals surface area (Å²) in [6.45, 7) is 5.22. The van der Waals surface area contributed by atoms with Crippen LogP contribution in [0.5, 0.6) is 0 Å². The van der Waals surface area contributed by atoms with Crippen LogP contribution in [-0.2, 0) is 16.0 Å². The highest BCUT2D eigenvalue weighted by Crippen LogP contribution is 2.03. The number of aryl methyl sites for hydroxylation is 1. The van der Waals surface area contributed by atoms with Crippen LogP contribution in [-0.4, -0.2) is 33.3 Å². The first-order chi connectivity index (χ1) is 7.49. The topological polar surface area (TPSA) is 72.3 Å². The van der Waals surface area contributed by atoms with Crippen molar-refractivity contribution >= 4 is 5.97 Å². The zero-order chi connectivity index (χ0) is 12.1. The second kappa shape index (κ2) is 5.55. The number of ether oxygens (including phenoxy) is 1. The van der Waals surface area contributed by atoms with Crippen molar-refractivity contribution in [3.63, 3.8) is 0 Å². The van der Waals surface area contributed by atoms with Crippen LogP contribution in [0.4, 0.5) is 0 Å². The van der Waals surface area contributed by atoms with Crippen LogP contribution in [0.25, 0.3) is 0 Å². The lowest BCUT2D eigenvalue weighted by molar-refractivity contribution is -0.157. The molecule has 0 radical (unpaired) electrons. The minimum atomic E-state index is -1.17. The Morgan fingerprint density at radius 1 is 1.56 bits per heavy atom. The number of nitrogens with zero attached hydrogens (tertiary/aromatic N) is 2. The number of carbonyl (C=O) groups excluding carboxylic acids is 1. The molecule has 1 aromatic rings. The molecule has 0 aliphatic carbocycles. The molecule has 5 heteroatoms. The normalized spacial score (nSPS) is 12.6. The van der Waals surface area contributed by atoms with Gasteiger partial charge in [-0.3, -0.25) is 0 Å². The zero-order valence-electron chi connectivity index (χ0n) is 9.67. The summed E-state index contributed by atoms with van der Waals surface area (Å²) in [4.78, 5) is 19.4. The second-order valence-corrected chi connectivity index (χ2v) is 3.80. The quantitative estimate of drug-likeness (QED) is 0.760. The fraction of sp³-hybridized carbons (Fsp3) is 0.545. The monoisotopic (exact) mass is 224 g/mol. The molecule has 5 nitrogen and oxygen atoms in total. The summed E-state index contributed by atoms with van der Waals surface area (Å²) in [5.74, 6) is -0.00630. The highest BCUT2D eigenvalue weighted by atomic mass is 16.6. The van der Waals surface area contributed by atoms with Gasteiger partial charge in [-0.25, -0.2) is 14.8 Å². The Kier molecular flexibility index (Phi) is 4.37. The summed E-state index contributed by atoms with van der Waals surface area (Å²) in [5.41, 5.74) is 0.626. The maximum atomic E-state index is 11.3. The van der Waals surface area contributed by atoms with E-state index in [0.717, 1.165) is 0 Å². The van der Waals surface area contributed by atoms with Crippen LogP contribution in [0.2, 0.25) is 0 Å². The lowest BCUT2D eigenvalue weighted by Crippen LogP contribution is -2.28. The van der Waals surface area contributed by atoms with Gasteiger partial charge in [-0.15, -0.1) is 0 Å². The molecule has 0 spiro atoms. The third-order valence-electron chi connectivity index (χ3n) is 1.86. The van der Waals surface area contributed by atoms with Crippen molar-refractivity contribution in [3.8, 4) is 0 Å². The van der Waals surface area contributed by atoms with Crippen LogP contribution in [0.15, 0.2) is 12.3 Å². The minimum absolute atomic E-state index is 0.148. The van der Waals surface area contributed by atoms with E-state index in [1.54, 1.807) is 33.0 Å². The molecule has 0 fully saturated rings. The number of aliphatic hydroxyl groups excluding tert-OH is 1. The highest BCUT2D eigenvalue weighted by molar-refractivity contribution is 5.74. The largest absolute Gasteiger partial charge is 0.461 e. The van der Waals surface area contributed by atoms with Gasteiger partial charge in [0.15, 0.2) is 6.10 Å². The smallest absolute Gasteiger partial charge is 0.335 e. The van der Waals surface area contributed by atoms with Crippen molar-refractivity contribution in [2.75, 3.05) is 0 Å². The number of esters is 1. The Hall–Kier alpha value is -1.49. The molecule has 88 valence electrons. The van der Waals surface area contributed by atoms with Gasteiger partial charge in [-0.1, -0.05) is 0 Å². The predicted octanol–water partition coefficient (Wildman–Crippen LogP) is 0.640. The molecule has 1 N–H and O–H groups in total. The van der Waals surface area contributed by atoms with Crippen LogP contribution in [0.1, 0.15) is 25.4 Å². The average Bonchev–Trinajstić information content (AvgIpc) is 2.16. The molecule has 16 heavy (non-hydrogen) atoms. The van der Waals surface area contributed by atoms with E-state index in [1.807, 2.05) is 0 Å². The maximum Gasteiger partial charge on any atom is 0.335 e. The van der Waals surface area contributed by atoms with E-state index in [4.69, 9.17) is 4.74 Å². The van der Waals surface area contributed by atoms with Gasteiger partial charge in [0.25, 0.3) is 0 Å². The molecule has 0 aliphatic heterocycles. The SMILES string of the molecule is Cc1nccc(CC(O)C(=O)OC(C)C)n1. The number of hydrogen-bond donors (Lipinski definition) is 1. The van der Waals surface area contributed by atoms with Crippen molar-refractivity contribution in [1.82, 2.24) is 9.97 Å². The van der Waals surface area contributed by atoms with Gasteiger partial charge < -0.3 is 9.84 Å². The van der Waals surface area contributed by atoms with E-state index < -0.39 is 12.1 Å². The van der Waals surface area contributed by atoms with E-state index in [1.165, 1.54) is 0 Å². The summed E-state index contributed by atoms with van der Waals surface area (Å²) in [7, 11) is 0. The fourth-order valence-corrected chi connectivity index (χ4v) is 1.21. The van der Waals surface area contributed by atoms with Gasteiger partial charge in [-0.2, -0.15) is 0 Å². The lowest BCUT2D eigenvalue weighted by atomic mass is 10.2. The van der Waals surface area contributed by atoms with E-state index in [2.05, 4.69) is 9.97 Å². The Balaban J connectivity index is 2.57. The molecule has 0 aromatic carbocycles. The summed E-state index contributed by atoms with van der Waals surface area (Å²) < 4.78 is 4.88.